The second kappa shape index (κ2) is 6.29. The maximum absolute atomic E-state index is 4.03. The van der Waals surface area contributed by atoms with Crippen LogP contribution in [0.1, 0.15) is 46.5 Å². The van der Waals surface area contributed by atoms with Crippen molar-refractivity contribution in [3.05, 3.63) is 12.3 Å². The minimum absolute atomic E-state index is 0.765. The fraction of sp³-hybridized carbons (Fsp3) is 0.857. The van der Waals surface area contributed by atoms with E-state index in [1.54, 1.807) is 0 Å². The van der Waals surface area contributed by atoms with Gasteiger partial charge in [0.25, 0.3) is 0 Å². The second-order valence-electron chi connectivity index (χ2n) is 5.09. The van der Waals surface area contributed by atoms with Gasteiger partial charge in [-0.05, 0) is 39.7 Å². The molecule has 1 rings (SSSR count). The SMILES string of the molecule is C=C(C)N1CCC(N(C)C(CC)CC)CC1. The normalized spacial score (nSPS) is 18.5. The molecular weight excluding hydrogens is 196 g/mol. The lowest BCUT2D eigenvalue weighted by Gasteiger charge is -2.41. The van der Waals surface area contributed by atoms with Gasteiger partial charge in [0.1, 0.15) is 0 Å². The Kier molecular flexibility index (Phi) is 5.33. The molecule has 94 valence electrons. The topological polar surface area (TPSA) is 6.48 Å². The number of piperidine rings is 1. The van der Waals surface area contributed by atoms with Crippen LogP contribution in [0.4, 0.5) is 0 Å². The Balaban J connectivity index is 2.43. The highest BCUT2D eigenvalue weighted by atomic mass is 15.2. The third-order valence-corrected chi connectivity index (χ3v) is 4.10. The summed E-state index contributed by atoms with van der Waals surface area (Å²) < 4.78 is 0. The summed E-state index contributed by atoms with van der Waals surface area (Å²) in [5.74, 6) is 0. The summed E-state index contributed by atoms with van der Waals surface area (Å²) in [6, 6.07) is 1.54. The molecule has 0 saturated carbocycles. The van der Waals surface area contributed by atoms with Crippen LogP contribution in [0.5, 0.6) is 0 Å². The van der Waals surface area contributed by atoms with Gasteiger partial charge >= 0.3 is 0 Å². The van der Waals surface area contributed by atoms with Gasteiger partial charge in [0.05, 0.1) is 0 Å². The lowest BCUT2D eigenvalue weighted by atomic mass is 10.00. The van der Waals surface area contributed by atoms with E-state index in [1.165, 1.54) is 44.5 Å². The minimum Gasteiger partial charge on any atom is -0.375 e. The van der Waals surface area contributed by atoms with Crippen LogP contribution in [0.2, 0.25) is 0 Å². The van der Waals surface area contributed by atoms with Crippen LogP contribution in [-0.2, 0) is 0 Å². The van der Waals surface area contributed by atoms with Gasteiger partial charge in [0, 0.05) is 30.9 Å². The Morgan fingerprint density at radius 3 is 2.19 bits per heavy atom. The van der Waals surface area contributed by atoms with Gasteiger partial charge in [-0.3, -0.25) is 0 Å². The fourth-order valence-corrected chi connectivity index (χ4v) is 2.82. The molecule has 0 atom stereocenters. The van der Waals surface area contributed by atoms with Crippen molar-refractivity contribution in [3.8, 4) is 0 Å². The molecule has 0 spiro atoms. The molecular formula is C14H28N2. The number of hydrogen-bond acceptors (Lipinski definition) is 2. The van der Waals surface area contributed by atoms with Crippen LogP contribution in [0, 0.1) is 0 Å². The van der Waals surface area contributed by atoms with E-state index in [9.17, 15) is 0 Å². The van der Waals surface area contributed by atoms with Crippen LogP contribution < -0.4 is 0 Å². The summed E-state index contributed by atoms with van der Waals surface area (Å²) in [6.45, 7) is 13.1. The zero-order valence-corrected chi connectivity index (χ0v) is 11.5. The van der Waals surface area contributed by atoms with E-state index < -0.39 is 0 Å². The Morgan fingerprint density at radius 1 is 1.31 bits per heavy atom. The van der Waals surface area contributed by atoms with Crippen LogP contribution in [-0.4, -0.2) is 42.0 Å². The molecule has 1 saturated heterocycles. The molecule has 1 fully saturated rings. The average Bonchev–Trinajstić information content (AvgIpc) is 2.30. The smallest absolute Gasteiger partial charge is 0.0189 e. The van der Waals surface area contributed by atoms with Gasteiger partial charge in [-0.2, -0.15) is 0 Å². The van der Waals surface area contributed by atoms with Crippen LogP contribution in [0.25, 0.3) is 0 Å². The number of hydrogen-bond donors (Lipinski definition) is 0. The maximum atomic E-state index is 4.03. The number of likely N-dealkylation sites (tertiary alicyclic amines) is 1. The minimum atomic E-state index is 0.765. The van der Waals surface area contributed by atoms with Crippen molar-refractivity contribution in [1.82, 2.24) is 9.80 Å². The first-order valence-electron chi connectivity index (χ1n) is 6.72. The predicted molar refractivity (Wildman–Crippen MR) is 71.5 cm³/mol. The molecule has 1 aliphatic heterocycles. The zero-order chi connectivity index (χ0) is 12.1. The summed E-state index contributed by atoms with van der Waals surface area (Å²) in [5.41, 5.74) is 1.23. The van der Waals surface area contributed by atoms with Crippen molar-refractivity contribution in [2.75, 3.05) is 20.1 Å². The van der Waals surface area contributed by atoms with Crippen molar-refractivity contribution in [2.45, 2.75) is 58.5 Å². The quantitative estimate of drug-likeness (QED) is 0.708. The Hall–Kier alpha value is -0.500. The first kappa shape index (κ1) is 13.6. The molecule has 0 aliphatic carbocycles. The molecule has 0 aromatic rings. The molecule has 0 bridgehead atoms. The third-order valence-electron chi connectivity index (χ3n) is 4.10. The molecule has 16 heavy (non-hydrogen) atoms. The monoisotopic (exact) mass is 224 g/mol. The number of allylic oxidation sites excluding steroid dienone is 1. The predicted octanol–water partition coefficient (Wildman–Crippen LogP) is 3.10. The van der Waals surface area contributed by atoms with E-state index in [4.69, 9.17) is 0 Å². The van der Waals surface area contributed by atoms with Crippen molar-refractivity contribution < 1.29 is 0 Å². The Morgan fingerprint density at radius 2 is 1.81 bits per heavy atom. The van der Waals surface area contributed by atoms with Gasteiger partial charge in [-0.15, -0.1) is 0 Å². The van der Waals surface area contributed by atoms with Gasteiger partial charge < -0.3 is 9.80 Å². The van der Waals surface area contributed by atoms with Crippen molar-refractivity contribution in [2.24, 2.45) is 0 Å². The summed E-state index contributed by atoms with van der Waals surface area (Å²) >= 11 is 0. The van der Waals surface area contributed by atoms with E-state index in [0.717, 1.165) is 12.1 Å². The van der Waals surface area contributed by atoms with Crippen molar-refractivity contribution in [1.29, 1.82) is 0 Å². The Bertz CT molecular complexity index is 213. The standard InChI is InChI=1S/C14H28N2/c1-6-13(7-2)15(5)14-8-10-16(11-9-14)12(3)4/h13-14H,3,6-11H2,1-2,4-5H3. The summed E-state index contributed by atoms with van der Waals surface area (Å²) in [7, 11) is 2.30. The van der Waals surface area contributed by atoms with Gasteiger partial charge in [0.2, 0.25) is 0 Å². The fourth-order valence-electron chi connectivity index (χ4n) is 2.82. The van der Waals surface area contributed by atoms with E-state index in [2.05, 4.69) is 44.2 Å². The van der Waals surface area contributed by atoms with E-state index in [1.807, 2.05) is 0 Å². The molecule has 0 unspecified atom stereocenters. The lowest BCUT2D eigenvalue weighted by Crippen LogP contribution is -2.46. The van der Waals surface area contributed by atoms with Gasteiger partial charge in [-0.25, -0.2) is 0 Å². The molecule has 0 aromatic carbocycles. The summed E-state index contributed by atoms with van der Waals surface area (Å²) in [6.07, 6.45) is 5.13. The summed E-state index contributed by atoms with van der Waals surface area (Å²) in [5, 5.41) is 0. The van der Waals surface area contributed by atoms with Crippen molar-refractivity contribution >= 4 is 0 Å². The third kappa shape index (κ3) is 3.24. The van der Waals surface area contributed by atoms with Crippen LogP contribution in [0.15, 0.2) is 12.3 Å². The summed E-state index contributed by atoms with van der Waals surface area (Å²) in [4.78, 5) is 5.02. The first-order chi connectivity index (χ1) is 7.60. The number of rotatable bonds is 5. The highest BCUT2D eigenvalue weighted by Crippen LogP contribution is 2.21. The highest BCUT2D eigenvalue weighted by molar-refractivity contribution is 4.93. The molecule has 2 heteroatoms. The number of nitrogens with zero attached hydrogens (tertiary/aromatic N) is 2. The maximum Gasteiger partial charge on any atom is 0.0189 e. The molecule has 0 amide bonds. The largest absolute Gasteiger partial charge is 0.375 e. The first-order valence-corrected chi connectivity index (χ1v) is 6.72. The van der Waals surface area contributed by atoms with Crippen molar-refractivity contribution in [3.63, 3.8) is 0 Å². The van der Waals surface area contributed by atoms with Crippen LogP contribution >= 0.6 is 0 Å². The average molecular weight is 224 g/mol. The molecule has 0 aromatic heterocycles. The molecule has 2 nitrogen and oxygen atoms in total. The molecule has 0 radical (unpaired) electrons. The van der Waals surface area contributed by atoms with E-state index >= 15 is 0 Å². The van der Waals surface area contributed by atoms with Gasteiger partial charge in [0.15, 0.2) is 0 Å². The molecule has 0 N–H and O–H groups in total. The second-order valence-corrected chi connectivity index (χ2v) is 5.09. The lowest BCUT2D eigenvalue weighted by molar-refractivity contribution is 0.105. The van der Waals surface area contributed by atoms with Crippen LogP contribution in [0.3, 0.4) is 0 Å². The van der Waals surface area contributed by atoms with Gasteiger partial charge in [-0.1, -0.05) is 20.4 Å². The highest BCUT2D eigenvalue weighted by Gasteiger charge is 2.25. The van der Waals surface area contributed by atoms with E-state index in [0.29, 0.717) is 0 Å². The Labute approximate surface area is 101 Å². The van der Waals surface area contributed by atoms with E-state index in [-0.39, 0.29) is 0 Å². The molecule has 1 heterocycles. The zero-order valence-electron chi connectivity index (χ0n) is 11.5. The molecule has 1 aliphatic rings.